The molecule has 160 valence electrons. The minimum absolute atomic E-state index is 0.650. The zero-order valence-electron chi connectivity index (χ0n) is 19.6. The van der Waals surface area contributed by atoms with Gasteiger partial charge in [-0.15, -0.1) is 0 Å². The van der Waals surface area contributed by atoms with Crippen molar-refractivity contribution >= 4 is 0 Å². The van der Waals surface area contributed by atoms with Crippen molar-refractivity contribution in [2.45, 2.75) is 105 Å². The molecule has 2 rings (SSSR count). The number of hydrogen-bond acceptors (Lipinski definition) is 2. The molecule has 2 heteroatoms. The molecule has 7 unspecified atom stereocenters. The molecule has 0 aromatic rings. The normalized spacial score (nSPS) is 32.9. The lowest BCUT2D eigenvalue weighted by Gasteiger charge is -2.37. The number of rotatable bonds is 11. The highest BCUT2D eigenvalue weighted by Crippen LogP contribution is 2.47. The lowest BCUT2D eigenvalue weighted by Crippen LogP contribution is -2.40. The highest BCUT2D eigenvalue weighted by atomic mass is 15.2. The van der Waals surface area contributed by atoms with E-state index in [1.54, 1.807) is 0 Å². The van der Waals surface area contributed by atoms with E-state index in [4.69, 9.17) is 0 Å². The van der Waals surface area contributed by atoms with Crippen LogP contribution in [0.15, 0.2) is 0 Å². The first-order valence-electron chi connectivity index (χ1n) is 12.3. The van der Waals surface area contributed by atoms with Gasteiger partial charge >= 0.3 is 0 Å². The van der Waals surface area contributed by atoms with Crippen LogP contribution >= 0.6 is 0 Å². The molecule has 0 aromatic heterocycles. The summed E-state index contributed by atoms with van der Waals surface area (Å²) in [5.74, 6) is 5.23. The Kier molecular flexibility index (Phi) is 9.62. The fraction of sp³-hybridized carbons (Fsp3) is 1.00. The smallest absolute Gasteiger partial charge is 0.00953 e. The van der Waals surface area contributed by atoms with Crippen LogP contribution in [0.5, 0.6) is 0 Å². The van der Waals surface area contributed by atoms with Gasteiger partial charge in [-0.05, 0) is 88.1 Å². The Balaban J connectivity index is 2.00. The van der Waals surface area contributed by atoms with Crippen LogP contribution in [-0.2, 0) is 0 Å². The van der Waals surface area contributed by atoms with Crippen LogP contribution in [0.4, 0.5) is 0 Å². The predicted molar refractivity (Wildman–Crippen MR) is 120 cm³/mol. The summed E-state index contributed by atoms with van der Waals surface area (Å²) in [5, 5.41) is 3.58. The maximum absolute atomic E-state index is 3.58. The maximum atomic E-state index is 3.58. The van der Waals surface area contributed by atoms with Crippen LogP contribution in [0.3, 0.4) is 0 Å². The Morgan fingerprint density at radius 1 is 1.04 bits per heavy atom. The third-order valence-electron chi connectivity index (χ3n) is 8.45. The molecule has 0 spiro atoms. The van der Waals surface area contributed by atoms with E-state index in [-0.39, 0.29) is 0 Å². The molecular weight excluding hydrogens is 328 g/mol. The van der Waals surface area contributed by atoms with E-state index in [1.165, 1.54) is 64.5 Å². The third kappa shape index (κ3) is 5.95. The standard InChI is InChI=1S/C25H50N2/c1-8-14-27(23-12-10-11-13-23)17-22(9-2)18(3)16-24-19(4)15-20(5)25(24)21(6)26-7/h18-26H,8-17H2,1-7H3. The van der Waals surface area contributed by atoms with Crippen LogP contribution in [0.2, 0.25) is 0 Å². The molecule has 0 aliphatic heterocycles. The van der Waals surface area contributed by atoms with Crippen LogP contribution in [0.1, 0.15) is 92.9 Å². The van der Waals surface area contributed by atoms with Gasteiger partial charge in [-0.25, -0.2) is 0 Å². The first-order valence-corrected chi connectivity index (χ1v) is 12.3. The zero-order valence-corrected chi connectivity index (χ0v) is 19.6. The average Bonchev–Trinajstić information content (AvgIpc) is 3.26. The molecule has 0 aromatic carbocycles. The summed E-state index contributed by atoms with van der Waals surface area (Å²) in [4.78, 5) is 2.88. The lowest BCUT2D eigenvalue weighted by molar-refractivity contribution is 0.119. The molecule has 1 N–H and O–H groups in total. The van der Waals surface area contributed by atoms with Gasteiger partial charge < -0.3 is 10.2 Å². The first-order chi connectivity index (χ1) is 12.9. The zero-order chi connectivity index (χ0) is 20.0. The highest BCUT2D eigenvalue weighted by molar-refractivity contribution is 4.93. The molecule has 0 amide bonds. The Labute approximate surface area is 171 Å². The number of nitrogens with zero attached hydrogens (tertiary/aromatic N) is 1. The van der Waals surface area contributed by atoms with Gasteiger partial charge in [0.1, 0.15) is 0 Å². The fourth-order valence-electron chi connectivity index (χ4n) is 6.78. The average molecular weight is 379 g/mol. The third-order valence-corrected chi connectivity index (χ3v) is 8.45. The van der Waals surface area contributed by atoms with Crippen molar-refractivity contribution in [2.24, 2.45) is 35.5 Å². The Morgan fingerprint density at radius 2 is 1.70 bits per heavy atom. The molecule has 0 heterocycles. The highest BCUT2D eigenvalue weighted by Gasteiger charge is 2.42. The molecule has 2 fully saturated rings. The molecule has 7 atom stereocenters. The number of hydrogen-bond donors (Lipinski definition) is 1. The summed E-state index contributed by atoms with van der Waals surface area (Å²) in [6, 6.07) is 1.53. The summed E-state index contributed by atoms with van der Waals surface area (Å²) in [5.41, 5.74) is 0. The largest absolute Gasteiger partial charge is 0.317 e. The second-order valence-electron chi connectivity index (χ2n) is 10.3. The van der Waals surface area contributed by atoms with Crippen molar-refractivity contribution in [2.75, 3.05) is 20.1 Å². The molecule has 0 radical (unpaired) electrons. The molecule has 27 heavy (non-hydrogen) atoms. The number of nitrogens with one attached hydrogen (secondary N) is 1. The van der Waals surface area contributed by atoms with Crippen LogP contribution < -0.4 is 5.32 Å². The van der Waals surface area contributed by atoms with E-state index in [0.29, 0.717) is 6.04 Å². The van der Waals surface area contributed by atoms with Gasteiger partial charge in [-0.3, -0.25) is 0 Å². The van der Waals surface area contributed by atoms with Gasteiger partial charge in [0.2, 0.25) is 0 Å². The van der Waals surface area contributed by atoms with Crippen molar-refractivity contribution in [3.63, 3.8) is 0 Å². The van der Waals surface area contributed by atoms with Crippen LogP contribution in [0, 0.1) is 35.5 Å². The van der Waals surface area contributed by atoms with Gasteiger partial charge in [0, 0.05) is 18.6 Å². The monoisotopic (exact) mass is 378 g/mol. The molecule has 0 saturated heterocycles. The Bertz CT molecular complexity index is 399. The molecular formula is C25H50N2. The first kappa shape index (κ1) is 23.2. The van der Waals surface area contributed by atoms with E-state index in [0.717, 1.165) is 41.5 Å². The van der Waals surface area contributed by atoms with Crippen molar-refractivity contribution < 1.29 is 0 Å². The molecule has 0 bridgehead atoms. The lowest BCUT2D eigenvalue weighted by atomic mass is 9.74. The van der Waals surface area contributed by atoms with E-state index < -0.39 is 0 Å². The molecule has 2 nitrogen and oxygen atoms in total. The van der Waals surface area contributed by atoms with Crippen molar-refractivity contribution in [3.05, 3.63) is 0 Å². The Morgan fingerprint density at radius 3 is 2.26 bits per heavy atom. The van der Waals surface area contributed by atoms with E-state index >= 15 is 0 Å². The topological polar surface area (TPSA) is 15.3 Å². The molecule has 2 aliphatic carbocycles. The molecule has 2 aliphatic rings. The minimum atomic E-state index is 0.650. The van der Waals surface area contributed by atoms with E-state index in [2.05, 4.69) is 58.8 Å². The summed E-state index contributed by atoms with van der Waals surface area (Å²) in [6.45, 7) is 17.5. The summed E-state index contributed by atoms with van der Waals surface area (Å²) >= 11 is 0. The fourth-order valence-corrected chi connectivity index (χ4v) is 6.78. The Hall–Kier alpha value is -0.0800. The van der Waals surface area contributed by atoms with Crippen LogP contribution in [-0.4, -0.2) is 37.1 Å². The van der Waals surface area contributed by atoms with E-state index in [9.17, 15) is 0 Å². The summed E-state index contributed by atoms with van der Waals surface area (Å²) in [6.07, 6.45) is 11.3. The van der Waals surface area contributed by atoms with Crippen LogP contribution in [0.25, 0.3) is 0 Å². The minimum Gasteiger partial charge on any atom is -0.317 e. The van der Waals surface area contributed by atoms with Gasteiger partial charge in [0.25, 0.3) is 0 Å². The van der Waals surface area contributed by atoms with Gasteiger partial charge in [-0.2, -0.15) is 0 Å². The van der Waals surface area contributed by atoms with E-state index in [1.807, 2.05) is 0 Å². The van der Waals surface area contributed by atoms with Crippen molar-refractivity contribution in [1.29, 1.82) is 0 Å². The maximum Gasteiger partial charge on any atom is 0.00953 e. The van der Waals surface area contributed by atoms with Gasteiger partial charge in [0.05, 0.1) is 0 Å². The predicted octanol–water partition coefficient (Wildman–Crippen LogP) is 6.21. The second-order valence-corrected chi connectivity index (χ2v) is 10.3. The molecule has 2 saturated carbocycles. The summed E-state index contributed by atoms with van der Waals surface area (Å²) in [7, 11) is 2.15. The second kappa shape index (κ2) is 11.2. The van der Waals surface area contributed by atoms with Crippen molar-refractivity contribution in [1.82, 2.24) is 10.2 Å². The summed E-state index contributed by atoms with van der Waals surface area (Å²) < 4.78 is 0. The van der Waals surface area contributed by atoms with Crippen molar-refractivity contribution in [3.8, 4) is 0 Å². The van der Waals surface area contributed by atoms with Gasteiger partial charge in [-0.1, -0.05) is 53.9 Å². The quantitative estimate of drug-likeness (QED) is 0.460. The van der Waals surface area contributed by atoms with Gasteiger partial charge in [0.15, 0.2) is 0 Å². The SMILES string of the molecule is CCCN(CC(CC)C(C)CC1C(C)CC(C)C1C(C)NC)C1CCCC1.